The maximum absolute atomic E-state index is 12.8. The van der Waals surface area contributed by atoms with Crippen LogP contribution in [0.1, 0.15) is 31.2 Å². The van der Waals surface area contributed by atoms with Crippen molar-refractivity contribution in [3.05, 3.63) is 22.6 Å². The first-order chi connectivity index (χ1) is 12.1. The average Bonchev–Trinajstić information content (AvgIpc) is 3.22. The molecule has 1 aliphatic carbocycles. The van der Waals surface area contributed by atoms with Crippen molar-refractivity contribution in [3.63, 3.8) is 0 Å². The molecule has 5 nitrogen and oxygen atoms in total. The summed E-state index contributed by atoms with van der Waals surface area (Å²) in [6.07, 6.45) is 6.22. The Bertz CT molecular complexity index is 701. The van der Waals surface area contributed by atoms with Crippen LogP contribution in [0.5, 0.6) is 17.2 Å². The van der Waals surface area contributed by atoms with Gasteiger partial charge in [0.1, 0.15) is 4.32 Å². The second-order valence-electron chi connectivity index (χ2n) is 5.95. The van der Waals surface area contributed by atoms with Crippen LogP contribution in [-0.2, 0) is 4.79 Å². The predicted molar refractivity (Wildman–Crippen MR) is 103 cm³/mol. The van der Waals surface area contributed by atoms with Crippen LogP contribution >= 0.6 is 24.0 Å². The van der Waals surface area contributed by atoms with Crippen LogP contribution in [0.25, 0.3) is 6.08 Å². The molecule has 0 radical (unpaired) electrons. The Balaban J connectivity index is 1.92. The van der Waals surface area contributed by atoms with Gasteiger partial charge in [-0.15, -0.1) is 0 Å². The third-order valence-corrected chi connectivity index (χ3v) is 5.83. The number of rotatable bonds is 5. The molecule has 3 rings (SSSR count). The second kappa shape index (κ2) is 7.66. The van der Waals surface area contributed by atoms with Gasteiger partial charge in [-0.05, 0) is 36.6 Å². The van der Waals surface area contributed by atoms with Crippen LogP contribution in [-0.4, -0.2) is 42.5 Å². The summed E-state index contributed by atoms with van der Waals surface area (Å²) < 4.78 is 16.7. The Labute approximate surface area is 157 Å². The van der Waals surface area contributed by atoms with Gasteiger partial charge in [0.2, 0.25) is 5.75 Å². The maximum Gasteiger partial charge on any atom is 0.266 e. The zero-order chi connectivity index (χ0) is 18.0. The highest BCUT2D eigenvalue weighted by Gasteiger charge is 2.38. The van der Waals surface area contributed by atoms with Crippen molar-refractivity contribution < 1.29 is 19.0 Å². The van der Waals surface area contributed by atoms with Gasteiger partial charge in [-0.25, -0.2) is 0 Å². The van der Waals surface area contributed by atoms with Crippen molar-refractivity contribution in [2.45, 2.75) is 31.7 Å². The second-order valence-corrected chi connectivity index (χ2v) is 7.62. The summed E-state index contributed by atoms with van der Waals surface area (Å²) in [5.41, 5.74) is 0.807. The molecular formula is C18H21NO4S2. The Morgan fingerprint density at radius 1 is 1.12 bits per heavy atom. The van der Waals surface area contributed by atoms with Gasteiger partial charge in [-0.2, -0.15) is 0 Å². The number of nitrogens with zero attached hydrogens (tertiary/aromatic N) is 1. The molecule has 1 amide bonds. The van der Waals surface area contributed by atoms with Crippen molar-refractivity contribution in [3.8, 4) is 17.2 Å². The lowest BCUT2D eigenvalue weighted by molar-refractivity contribution is -0.123. The molecule has 1 saturated carbocycles. The first-order valence-electron chi connectivity index (χ1n) is 8.16. The number of methoxy groups -OCH3 is 3. The topological polar surface area (TPSA) is 48.0 Å². The highest BCUT2D eigenvalue weighted by molar-refractivity contribution is 8.26. The number of benzene rings is 1. The van der Waals surface area contributed by atoms with Crippen LogP contribution < -0.4 is 14.2 Å². The third kappa shape index (κ3) is 3.48. The van der Waals surface area contributed by atoms with Crippen LogP contribution in [0.15, 0.2) is 17.0 Å². The average molecular weight is 380 g/mol. The molecule has 0 aromatic heterocycles. The molecule has 0 bridgehead atoms. The van der Waals surface area contributed by atoms with Gasteiger partial charge in [0.15, 0.2) is 11.5 Å². The first kappa shape index (κ1) is 18.1. The minimum Gasteiger partial charge on any atom is -0.493 e. The van der Waals surface area contributed by atoms with Gasteiger partial charge in [0, 0.05) is 6.04 Å². The number of thiocarbonyl (C=S) groups is 1. The molecule has 1 aromatic carbocycles. The molecule has 0 atom stereocenters. The highest BCUT2D eigenvalue weighted by Crippen LogP contribution is 2.41. The Morgan fingerprint density at radius 2 is 1.72 bits per heavy atom. The minimum atomic E-state index is -0.00403. The molecule has 2 aliphatic rings. The summed E-state index contributed by atoms with van der Waals surface area (Å²) in [5.74, 6) is 1.63. The van der Waals surface area contributed by atoms with E-state index in [0.717, 1.165) is 31.2 Å². The van der Waals surface area contributed by atoms with Crippen LogP contribution in [0, 0.1) is 0 Å². The van der Waals surface area contributed by atoms with E-state index in [4.69, 9.17) is 26.4 Å². The summed E-state index contributed by atoms with van der Waals surface area (Å²) in [6.45, 7) is 0. The van der Waals surface area contributed by atoms with Crippen molar-refractivity contribution >= 4 is 40.3 Å². The Hall–Kier alpha value is -1.73. The first-order valence-corrected chi connectivity index (χ1v) is 9.38. The summed E-state index contributed by atoms with van der Waals surface area (Å²) in [6, 6.07) is 3.89. The minimum absolute atomic E-state index is 0.00403. The van der Waals surface area contributed by atoms with Gasteiger partial charge in [0.05, 0.1) is 26.2 Å². The van der Waals surface area contributed by atoms with E-state index >= 15 is 0 Å². The van der Waals surface area contributed by atoms with E-state index < -0.39 is 0 Å². The molecule has 25 heavy (non-hydrogen) atoms. The number of carbonyl (C=O) groups is 1. The number of amides is 1. The lowest BCUT2D eigenvalue weighted by atomic mass is 10.1. The molecule has 0 spiro atoms. The molecule has 1 aliphatic heterocycles. The van der Waals surface area contributed by atoms with Gasteiger partial charge in [-0.3, -0.25) is 9.69 Å². The number of carbonyl (C=O) groups excluding carboxylic acids is 1. The van der Waals surface area contributed by atoms with Crippen molar-refractivity contribution in [1.82, 2.24) is 4.90 Å². The number of hydrogen-bond donors (Lipinski definition) is 0. The van der Waals surface area contributed by atoms with Gasteiger partial charge in [-0.1, -0.05) is 36.8 Å². The fraction of sp³-hybridized carbons (Fsp3) is 0.444. The quantitative estimate of drug-likeness (QED) is 0.572. The van der Waals surface area contributed by atoms with Crippen molar-refractivity contribution in [1.29, 1.82) is 0 Å². The molecule has 1 heterocycles. The monoisotopic (exact) mass is 379 g/mol. The van der Waals surface area contributed by atoms with E-state index in [1.165, 1.54) is 11.8 Å². The normalized spacial score (nSPS) is 19.8. The molecule has 1 saturated heterocycles. The Kier molecular flexibility index (Phi) is 5.54. The fourth-order valence-corrected chi connectivity index (χ4v) is 4.69. The molecule has 0 unspecified atom stereocenters. The predicted octanol–water partition coefficient (Wildman–Crippen LogP) is 3.86. The molecule has 2 fully saturated rings. The van der Waals surface area contributed by atoms with Crippen molar-refractivity contribution in [2.24, 2.45) is 0 Å². The lowest BCUT2D eigenvalue weighted by Gasteiger charge is -2.21. The van der Waals surface area contributed by atoms with Crippen molar-refractivity contribution in [2.75, 3.05) is 21.3 Å². The van der Waals surface area contributed by atoms with Crippen LogP contribution in [0.4, 0.5) is 0 Å². The largest absolute Gasteiger partial charge is 0.493 e. The highest BCUT2D eigenvalue weighted by atomic mass is 32.2. The number of hydrogen-bond acceptors (Lipinski definition) is 6. The summed E-state index contributed by atoms with van der Waals surface area (Å²) in [5, 5.41) is 0. The summed E-state index contributed by atoms with van der Waals surface area (Å²) >= 11 is 6.80. The number of thioether (sulfide) groups is 1. The zero-order valence-electron chi connectivity index (χ0n) is 14.5. The van der Waals surface area contributed by atoms with Gasteiger partial charge < -0.3 is 14.2 Å². The SMILES string of the molecule is COc1cc(/C=C2\SC(=S)N(C3CCCC3)C2=O)cc(OC)c1OC. The standard InChI is InChI=1S/C18H21NO4S2/c1-21-13-8-11(9-14(22-2)16(13)23-3)10-15-17(20)19(18(24)25-15)12-6-4-5-7-12/h8-10,12H,4-7H2,1-3H3/b15-10-. The van der Waals surface area contributed by atoms with E-state index in [-0.39, 0.29) is 11.9 Å². The smallest absolute Gasteiger partial charge is 0.266 e. The zero-order valence-corrected chi connectivity index (χ0v) is 16.2. The van der Waals surface area contributed by atoms with Gasteiger partial charge >= 0.3 is 0 Å². The third-order valence-electron chi connectivity index (χ3n) is 4.50. The van der Waals surface area contributed by atoms with Crippen LogP contribution in [0.3, 0.4) is 0 Å². The van der Waals surface area contributed by atoms with E-state index in [1.807, 2.05) is 18.2 Å². The van der Waals surface area contributed by atoms with E-state index in [0.29, 0.717) is 26.5 Å². The van der Waals surface area contributed by atoms with E-state index in [2.05, 4.69) is 0 Å². The number of ether oxygens (including phenoxy) is 3. The van der Waals surface area contributed by atoms with Gasteiger partial charge in [0.25, 0.3) is 5.91 Å². The fourth-order valence-electron chi connectivity index (χ4n) is 3.29. The molecule has 0 N–H and O–H groups in total. The lowest BCUT2D eigenvalue weighted by Crippen LogP contribution is -2.36. The van der Waals surface area contributed by atoms with E-state index in [1.54, 1.807) is 26.2 Å². The molecule has 7 heteroatoms. The van der Waals surface area contributed by atoms with Crippen LogP contribution in [0.2, 0.25) is 0 Å². The Morgan fingerprint density at radius 3 is 2.24 bits per heavy atom. The maximum atomic E-state index is 12.8. The molecular weight excluding hydrogens is 358 g/mol. The van der Waals surface area contributed by atoms with E-state index in [9.17, 15) is 4.79 Å². The molecule has 134 valence electrons. The molecule has 1 aromatic rings. The summed E-state index contributed by atoms with van der Waals surface area (Å²) in [4.78, 5) is 15.2. The summed E-state index contributed by atoms with van der Waals surface area (Å²) in [7, 11) is 4.70.